The highest BCUT2D eigenvalue weighted by Gasteiger charge is 2.35. The second-order valence-electron chi connectivity index (χ2n) is 14.5. The van der Waals surface area contributed by atoms with Crippen molar-refractivity contribution in [2.45, 2.75) is 180 Å². The van der Waals surface area contributed by atoms with Crippen molar-refractivity contribution in [3.05, 3.63) is 59.7 Å². The van der Waals surface area contributed by atoms with Gasteiger partial charge in [0.15, 0.2) is 0 Å². The van der Waals surface area contributed by atoms with Gasteiger partial charge >= 0.3 is 5.97 Å². The molecular weight excluding hydrogens is 640 g/mol. The first kappa shape index (κ1) is 43.5. The molecule has 0 atom stereocenters. The third-order valence-electron chi connectivity index (χ3n) is 9.92. The van der Waals surface area contributed by atoms with Gasteiger partial charge < -0.3 is 4.74 Å². The molecule has 0 saturated carbocycles. The summed E-state index contributed by atoms with van der Waals surface area (Å²) in [5.41, 5.74) is 2.14. The van der Waals surface area contributed by atoms with Gasteiger partial charge in [-0.1, -0.05) is 161 Å². The van der Waals surface area contributed by atoms with Gasteiger partial charge in [-0.15, -0.1) is 0 Å². The summed E-state index contributed by atoms with van der Waals surface area (Å²) >= 11 is 1.24. The van der Waals surface area contributed by atoms with Crippen molar-refractivity contribution in [1.29, 1.82) is 0 Å². The zero-order valence-corrected chi connectivity index (χ0v) is 33.8. The lowest BCUT2D eigenvalue weighted by Crippen LogP contribution is -2.11. The lowest BCUT2D eigenvalue weighted by atomic mass is 10.0. The third kappa shape index (κ3) is 20.1. The molecule has 49 heavy (non-hydrogen) atoms. The number of unbranched alkanes of at least 4 members (excludes halogenated alkanes) is 17. The molecule has 0 aliphatic heterocycles. The Kier molecular flexibility index (Phi) is 24.9. The summed E-state index contributed by atoms with van der Waals surface area (Å²) in [4.78, 5) is 26.3. The highest BCUT2D eigenvalue weighted by atomic mass is 32.2. The lowest BCUT2D eigenvalue weighted by molar-refractivity contribution is -0.134. The fourth-order valence-corrected chi connectivity index (χ4v) is 12.6. The smallest absolute Gasteiger partial charge is 0.311 e. The summed E-state index contributed by atoms with van der Waals surface area (Å²) in [5, 5.41) is 0.0495. The topological polar surface area (TPSA) is 43.4 Å². The maximum absolute atomic E-state index is 13.1. The quantitative estimate of drug-likeness (QED) is 0.0266. The predicted molar refractivity (Wildman–Crippen MR) is 218 cm³/mol. The van der Waals surface area contributed by atoms with Crippen LogP contribution in [0.4, 0.5) is 0 Å². The van der Waals surface area contributed by atoms with Gasteiger partial charge in [-0.05, 0) is 67.3 Å². The summed E-state index contributed by atoms with van der Waals surface area (Å²) in [7, 11) is -1.02. The minimum absolute atomic E-state index is 0.0495. The van der Waals surface area contributed by atoms with Crippen molar-refractivity contribution in [1.82, 2.24) is 0 Å². The number of esters is 1. The van der Waals surface area contributed by atoms with E-state index in [0.29, 0.717) is 12.2 Å². The Bertz CT molecular complexity index is 1090. The minimum atomic E-state index is -1.02. The molecular formula is C44H72O3PS+. The SMILES string of the molecule is CCCCCCCCCCCCCCCCCC(=O)Oc1ccc(SC(=O)c2ccc(C[P+](CCCC)(CCCC)CCCC)cc2)cc1. The van der Waals surface area contributed by atoms with Crippen molar-refractivity contribution in [2.24, 2.45) is 0 Å². The van der Waals surface area contributed by atoms with Gasteiger partial charge in [0.1, 0.15) is 5.75 Å². The first-order valence-corrected chi connectivity index (χ1v) is 23.8. The summed E-state index contributed by atoms with van der Waals surface area (Å²) in [6, 6.07) is 15.8. The molecule has 3 nitrogen and oxygen atoms in total. The van der Waals surface area contributed by atoms with E-state index < -0.39 is 7.26 Å². The van der Waals surface area contributed by atoms with E-state index >= 15 is 0 Å². The van der Waals surface area contributed by atoms with Crippen molar-refractivity contribution in [2.75, 3.05) is 18.5 Å². The number of rotatable bonds is 30. The van der Waals surface area contributed by atoms with Gasteiger partial charge in [-0.3, -0.25) is 9.59 Å². The predicted octanol–water partition coefficient (Wildman–Crippen LogP) is 14.7. The molecule has 0 saturated heterocycles. The molecule has 0 N–H and O–H groups in total. The lowest BCUT2D eigenvalue weighted by Gasteiger charge is -2.28. The fraction of sp³-hybridized carbons (Fsp3) is 0.682. The van der Waals surface area contributed by atoms with Crippen LogP contribution < -0.4 is 4.74 Å². The van der Waals surface area contributed by atoms with E-state index in [9.17, 15) is 9.59 Å². The number of hydrogen-bond acceptors (Lipinski definition) is 4. The van der Waals surface area contributed by atoms with E-state index in [4.69, 9.17) is 4.74 Å². The Morgan fingerprint density at radius 1 is 0.531 bits per heavy atom. The molecule has 2 aromatic carbocycles. The largest absolute Gasteiger partial charge is 0.427 e. The minimum Gasteiger partial charge on any atom is -0.427 e. The standard InChI is InChI=1S/C44H72O3PS/c1-5-9-13-14-15-16-17-18-19-20-21-22-23-24-25-26-43(45)47-41-31-33-42(34-32-41)49-44(46)40-29-27-39(28-30-40)38-48(35-10-6-2,36-11-7-3)37-12-8-4/h27-34H,5-26,35-38H2,1-4H3/q+1. The molecule has 5 heteroatoms. The van der Waals surface area contributed by atoms with Gasteiger partial charge in [0.25, 0.3) is 0 Å². The van der Waals surface area contributed by atoms with E-state index in [1.165, 1.54) is 164 Å². The number of ether oxygens (including phenoxy) is 1. The van der Waals surface area contributed by atoms with Gasteiger partial charge in [0.05, 0.1) is 24.6 Å². The van der Waals surface area contributed by atoms with Crippen LogP contribution in [0.3, 0.4) is 0 Å². The Hall–Kier alpha value is -1.64. The molecule has 0 heterocycles. The third-order valence-corrected chi connectivity index (χ3v) is 15.7. The number of benzene rings is 2. The Labute approximate surface area is 307 Å². The Morgan fingerprint density at radius 3 is 1.41 bits per heavy atom. The van der Waals surface area contributed by atoms with Crippen molar-refractivity contribution in [3.63, 3.8) is 0 Å². The van der Waals surface area contributed by atoms with Gasteiger partial charge in [0, 0.05) is 24.1 Å². The van der Waals surface area contributed by atoms with Crippen LogP contribution in [-0.2, 0) is 11.0 Å². The van der Waals surface area contributed by atoms with Crippen LogP contribution in [0.1, 0.15) is 185 Å². The normalized spacial score (nSPS) is 11.6. The Morgan fingerprint density at radius 2 is 0.959 bits per heavy atom. The molecule has 276 valence electrons. The molecule has 2 aromatic rings. The molecule has 0 fully saturated rings. The maximum Gasteiger partial charge on any atom is 0.311 e. The van der Waals surface area contributed by atoms with Crippen molar-refractivity contribution >= 4 is 30.1 Å². The molecule has 0 aliphatic rings. The zero-order chi connectivity index (χ0) is 35.4. The molecule has 0 unspecified atom stereocenters. The van der Waals surface area contributed by atoms with Crippen LogP contribution in [0.15, 0.2) is 53.4 Å². The van der Waals surface area contributed by atoms with Crippen LogP contribution in [0.5, 0.6) is 5.75 Å². The van der Waals surface area contributed by atoms with Crippen LogP contribution in [-0.4, -0.2) is 29.6 Å². The number of thioether (sulfide) groups is 1. The molecule has 2 rings (SSSR count). The first-order chi connectivity index (χ1) is 23.9. The monoisotopic (exact) mass is 711 g/mol. The summed E-state index contributed by atoms with van der Waals surface area (Å²) < 4.78 is 5.57. The molecule has 0 aliphatic carbocycles. The van der Waals surface area contributed by atoms with Gasteiger partial charge in [0.2, 0.25) is 5.12 Å². The second kappa shape index (κ2) is 28.0. The van der Waals surface area contributed by atoms with Crippen LogP contribution >= 0.6 is 19.0 Å². The number of carbonyl (C=O) groups is 2. The van der Waals surface area contributed by atoms with E-state index in [1.807, 2.05) is 24.3 Å². The van der Waals surface area contributed by atoms with Gasteiger partial charge in [-0.25, -0.2) is 0 Å². The molecule has 0 aromatic heterocycles. The van der Waals surface area contributed by atoms with E-state index in [0.717, 1.165) is 23.3 Å². The molecule has 0 spiro atoms. The maximum atomic E-state index is 13.1. The van der Waals surface area contributed by atoms with Crippen LogP contribution in [0, 0.1) is 0 Å². The Balaban J connectivity index is 1.67. The van der Waals surface area contributed by atoms with Crippen molar-refractivity contribution < 1.29 is 14.3 Å². The summed E-state index contributed by atoms with van der Waals surface area (Å²) in [5.74, 6) is 0.380. The summed E-state index contributed by atoms with van der Waals surface area (Å²) in [6.07, 6.45) is 33.4. The molecule has 0 amide bonds. The van der Waals surface area contributed by atoms with E-state index in [-0.39, 0.29) is 11.1 Å². The highest BCUT2D eigenvalue weighted by Crippen LogP contribution is 2.63. The fourth-order valence-electron chi connectivity index (χ4n) is 6.75. The molecule has 0 bridgehead atoms. The number of hydrogen-bond donors (Lipinski definition) is 0. The van der Waals surface area contributed by atoms with Gasteiger partial charge in [-0.2, -0.15) is 0 Å². The van der Waals surface area contributed by atoms with E-state index in [2.05, 4.69) is 39.8 Å². The van der Waals surface area contributed by atoms with Crippen molar-refractivity contribution in [3.8, 4) is 5.75 Å². The first-order valence-electron chi connectivity index (χ1n) is 20.4. The second-order valence-corrected chi connectivity index (χ2v) is 19.9. The van der Waals surface area contributed by atoms with Crippen LogP contribution in [0.2, 0.25) is 0 Å². The average Bonchev–Trinajstić information content (AvgIpc) is 3.11. The average molecular weight is 712 g/mol. The highest BCUT2D eigenvalue weighted by molar-refractivity contribution is 8.14. The zero-order valence-electron chi connectivity index (χ0n) is 32.1. The van der Waals surface area contributed by atoms with Crippen LogP contribution in [0.25, 0.3) is 0 Å². The summed E-state index contributed by atoms with van der Waals surface area (Å²) in [6.45, 7) is 9.22. The number of carbonyl (C=O) groups excluding carboxylic acids is 2. The van der Waals surface area contributed by atoms with E-state index in [1.54, 1.807) is 12.1 Å². The molecule has 0 radical (unpaired) electrons.